The Bertz CT molecular complexity index is 671. The van der Waals surface area contributed by atoms with Gasteiger partial charge in [0.15, 0.2) is 11.5 Å². The van der Waals surface area contributed by atoms with Gasteiger partial charge in [-0.2, -0.15) is 0 Å². The molecular formula is C19H23ClN2O2. The van der Waals surface area contributed by atoms with Crippen LogP contribution in [0.4, 0.5) is 0 Å². The molecule has 128 valence electrons. The molecule has 0 amide bonds. The zero-order valence-corrected chi connectivity index (χ0v) is 14.9. The maximum Gasteiger partial charge on any atom is 0.165 e. The highest BCUT2D eigenvalue weighted by Crippen LogP contribution is 2.36. The van der Waals surface area contributed by atoms with Crippen molar-refractivity contribution < 1.29 is 9.47 Å². The second kappa shape index (κ2) is 7.86. The lowest BCUT2D eigenvalue weighted by molar-refractivity contribution is 0.202. The first kappa shape index (κ1) is 17.1. The van der Waals surface area contributed by atoms with Crippen LogP contribution in [-0.4, -0.2) is 37.2 Å². The van der Waals surface area contributed by atoms with Gasteiger partial charge in [-0.3, -0.25) is 9.88 Å². The molecule has 0 saturated carbocycles. The molecule has 0 N–H and O–H groups in total. The van der Waals surface area contributed by atoms with Crippen LogP contribution in [0.3, 0.4) is 0 Å². The largest absolute Gasteiger partial charge is 0.493 e. The summed E-state index contributed by atoms with van der Waals surface area (Å²) < 4.78 is 10.9. The highest BCUT2D eigenvalue weighted by molar-refractivity contribution is 6.30. The minimum atomic E-state index is 0.625. The lowest BCUT2D eigenvalue weighted by atomic mass is 9.90. The number of hydrogen-bond acceptors (Lipinski definition) is 4. The molecule has 0 atom stereocenters. The molecule has 0 radical (unpaired) electrons. The monoisotopic (exact) mass is 346 g/mol. The first-order valence-corrected chi connectivity index (χ1v) is 8.61. The van der Waals surface area contributed by atoms with E-state index in [1.807, 2.05) is 18.5 Å². The van der Waals surface area contributed by atoms with Crippen LogP contribution in [0.1, 0.15) is 29.9 Å². The molecule has 1 aliphatic rings. The van der Waals surface area contributed by atoms with Crippen LogP contribution in [0.25, 0.3) is 0 Å². The predicted octanol–water partition coefficient (Wildman–Crippen LogP) is 4.13. The smallest absolute Gasteiger partial charge is 0.165 e. The van der Waals surface area contributed by atoms with Crippen molar-refractivity contribution in [3.63, 3.8) is 0 Å². The summed E-state index contributed by atoms with van der Waals surface area (Å²) in [6, 6.07) is 8.02. The molecule has 1 aromatic carbocycles. The highest BCUT2D eigenvalue weighted by Gasteiger charge is 2.22. The van der Waals surface area contributed by atoms with E-state index in [0.29, 0.717) is 16.7 Å². The summed E-state index contributed by atoms with van der Waals surface area (Å²) in [5.74, 6) is 2.09. The van der Waals surface area contributed by atoms with Crippen LogP contribution in [0.5, 0.6) is 11.5 Å². The molecule has 0 bridgehead atoms. The third-order valence-corrected chi connectivity index (χ3v) is 4.90. The van der Waals surface area contributed by atoms with Gasteiger partial charge in [0.05, 0.1) is 14.2 Å². The number of nitrogens with zero attached hydrogens (tertiary/aromatic N) is 2. The second-order valence-corrected chi connectivity index (χ2v) is 6.57. The molecule has 0 unspecified atom stereocenters. The van der Waals surface area contributed by atoms with E-state index < -0.39 is 0 Å². The van der Waals surface area contributed by atoms with E-state index in [4.69, 9.17) is 21.1 Å². The number of ether oxygens (including phenoxy) is 2. The zero-order valence-electron chi connectivity index (χ0n) is 14.2. The average Bonchev–Trinajstić information content (AvgIpc) is 2.62. The number of methoxy groups -OCH3 is 2. The van der Waals surface area contributed by atoms with E-state index in [1.165, 1.54) is 5.56 Å². The Morgan fingerprint density at radius 1 is 1.12 bits per heavy atom. The van der Waals surface area contributed by atoms with E-state index in [-0.39, 0.29) is 0 Å². The van der Waals surface area contributed by atoms with Crippen LogP contribution >= 0.6 is 11.6 Å². The summed E-state index contributed by atoms with van der Waals surface area (Å²) in [5, 5.41) is 0.675. The van der Waals surface area contributed by atoms with E-state index in [0.717, 1.165) is 43.8 Å². The summed E-state index contributed by atoms with van der Waals surface area (Å²) in [6.45, 7) is 2.94. The van der Waals surface area contributed by atoms with Crippen molar-refractivity contribution >= 4 is 11.6 Å². The highest BCUT2D eigenvalue weighted by atomic mass is 35.5. The van der Waals surface area contributed by atoms with Crippen molar-refractivity contribution in [3.05, 3.63) is 52.8 Å². The number of pyridine rings is 1. The Labute approximate surface area is 148 Å². The van der Waals surface area contributed by atoms with E-state index in [2.05, 4.69) is 22.0 Å². The molecule has 1 saturated heterocycles. The fraction of sp³-hybridized carbons (Fsp3) is 0.421. The normalized spacial score (nSPS) is 16.1. The van der Waals surface area contributed by atoms with Gasteiger partial charge in [-0.05, 0) is 55.6 Å². The Morgan fingerprint density at radius 3 is 2.46 bits per heavy atom. The van der Waals surface area contributed by atoms with Crippen molar-refractivity contribution in [2.45, 2.75) is 25.3 Å². The molecule has 1 fully saturated rings. The van der Waals surface area contributed by atoms with Crippen LogP contribution in [0.15, 0.2) is 36.7 Å². The van der Waals surface area contributed by atoms with Gasteiger partial charge in [0, 0.05) is 35.6 Å². The Hall–Kier alpha value is -1.78. The first-order chi connectivity index (χ1) is 11.7. The maximum absolute atomic E-state index is 6.22. The van der Waals surface area contributed by atoms with Gasteiger partial charge in [0.1, 0.15) is 0 Å². The number of hydrogen-bond donors (Lipinski definition) is 0. The lowest BCUT2D eigenvalue weighted by Crippen LogP contribution is -2.32. The van der Waals surface area contributed by atoms with Crippen molar-refractivity contribution in [1.29, 1.82) is 0 Å². The number of piperidine rings is 1. The number of rotatable bonds is 5. The van der Waals surface area contributed by atoms with Crippen LogP contribution in [-0.2, 0) is 6.54 Å². The van der Waals surface area contributed by atoms with Gasteiger partial charge in [-0.1, -0.05) is 11.6 Å². The maximum atomic E-state index is 6.22. The van der Waals surface area contributed by atoms with Crippen molar-refractivity contribution in [2.24, 2.45) is 0 Å². The van der Waals surface area contributed by atoms with Crippen LogP contribution in [0, 0.1) is 0 Å². The molecule has 3 rings (SSSR count). The molecule has 1 aromatic heterocycles. The number of likely N-dealkylation sites (tertiary alicyclic amines) is 1. The first-order valence-electron chi connectivity index (χ1n) is 8.24. The van der Waals surface area contributed by atoms with Gasteiger partial charge in [-0.25, -0.2) is 0 Å². The molecule has 5 heteroatoms. The van der Waals surface area contributed by atoms with E-state index >= 15 is 0 Å². The van der Waals surface area contributed by atoms with Crippen molar-refractivity contribution in [1.82, 2.24) is 9.88 Å². The quantitative estimate of drug-likeness (QED) is 0.815. The molecule has 2 heterocycles. The fourth-order valence-electron chi connectivity index (χ4n) is 3.42. The molecular weight excluding hydrogens is 324 g/mol. The van der Waals surface area contributed by atoms with Crippen molar-refractivity contribution in [2.75, 3.05) is 27.3 Å². The Morgan fingerprint density at radius 2 is 1.83 bits per heavy atom. The molecule has 0 aliphatic carbocycles. The summed E-state index contributed by atoms with van der Waals surface area (Å²) in [7, 11) is 3.31. The summed E-state index contributed by atoms with van der Waals surface area (Å²) in [6.07, 6.45) is 6.07. The van der Waals surface area contributed by atoms with Crippen molar-refractivity contribution in [3.8, 4) is 11.5 Å². The third kappa shape index (κ3) is 3.82. The van der Waals surface area contributed by atoms with Gasteiger partial charge >= 0.3 is 0 Å². The van der Waals surface area contributed by atoms with Gasteiger partial charge in [0.2, 0.25) is 0 Å². The van der Waals surface area contributed by atoms with E-state index in [9.17, 15) is 0 Å². The average molecular weight is 347 g/mol. The van der Waals surface area contributed by atoms with Crippen LogP contribution in [0.2, 0.25) is 5.02 Å². The molecule has 24 heavy (non-hydrogen) atoms. The standard InChI is InChI=1S/C19H23ClN2O2/c1-23-18-12-17(20)11-16(19(18)24-2)13-22-9-5-15(6-10-22)14-3-7-21-8-4-14/h3-4,7-8,11-12,15H,5-6,9-10,13H2,1-2H3. The number of benzene rings is 1. The molecule has 0 spiro atoms. The van der Waals surface area contributed by atoms with Gasteiger partial charge in [0.25, 0.3) is 0 Å². The Balaban J connectivity index is 1.67. The van der Waals surface area contributed by atoms with Gasteiger partial charge in [-0.15, -0.1) is 0 Å². The summed E-state index contributed by atoms with van der Waals surface area (Å²) in [5.41, 5.74) is 2.47. The Kier molecular flexibility index (Phi) is 5.59. The minimum absolute atomic E-state index is 0.625. The molecule has 2 aromatic rings. The lowest BCUT2D eigenvalue weighted by Gasteiger charge is -2.32. The minimum Gasteiger partial charge on any atom is -0.493 e. The number of aromatic nitrogens is 1. The fourth-order valence-corrected chi connectivity index (χ4v) is 3.66. The van der Waals surface area contributed by atoms with E-state index in [1.54, 1.807) is 20.3 Å². The SMILES string of the molecule is COc1cc(Cl)cc(CN2CCC(c3ccncc3)CC2)c1OC. The molecule has 4 nitrogen and oxygen atoms in total. The summed E-state index contributed by atoms with van der Waals surface area (Å²) in [4.78, 5) is 6.56. The molecule has 1 aliphatic heterocycles. The summed E-state index contributed by atoms with van der Waals surface area (Å²) >= 11 is 6.22. The second-order valence-electron chi connectivity index (χ2n) is 6.13. The topological polar surface area (TPSA) is 34.6 Å². The third-order valence-electron chi connectivity index (χ3n) is 4.68. The van der Waals surface area contributed by atoms with Crippen LogP contribution < -0.4 is 9.47 Å². The van der Waals surface area contributed by atoms with Gasteiger partial charge < -0.3 is 9.47 Å². The predicted molar refractivity (Wildman–Crippen MR) is 96.0 cm³/mol. The number of halogens is 1. The zero-order chi connectivity index (χ0) is 16.9.